The number of carbonyl (C=O) groups is 2. The highest BCUT2D eigenvalue weighted by molar-refractivity contribution is 7.95. The molecule has 1 aliphatic rings. The van der Waals surface area contributed by atoms with E-state index in [0.717, 1.165) is 12.1 Å². The Labute approximate surface area is 101 Å². The molecule has 0 unspecified atom stereocenters. The largest absolute Gasteiger partial charge is 0.507 e. The lowest BCUT2D eigenvalue weighted by molar-refractivity contribution is -0.111. The zero-order valence-corrected chi connectivity index (χ0v) is 9.43. The molecule has 3 N–H and O–H groups in total. The van der Waals surface area contributed by atoms with Gasteiger partial charge in [-0.1, -0.05) is 0 Å². The van der Waals surface area contributed by atoms with E-state index in [1.165, 1.54) is 0 Å². The molecule has 18 heavy (non-hydrogen) atoms. The number of phenolic OH excluding ortho intramolecular Hbond substituents is 2. The molecular formula is C10H6O7S. The van der Waals surface area contributed by atoms with Gasteiger partial charge >= 0.3 is 0 Å². The van der Waals surface area contributed by atoms with Crippen molar-refractivity contribution in [3.8, 4) is 11.5 Å². The van der Waals surface area contributed by atoms with Gasteiger partial charge in [-0.2, -0.15) is 8.42 Å². The molecule has 7 nitrogen and oxygen atoms in total. The van der Waals surface area contributed by atoms with Gasteiger partial charge in [-0.05, 0) is 12.1 Å². The van der Waals surface area contributed by atoms with Gasteiger partial charge in [0.1, 0.15) is 16.4 Å². The summed E-state index contributed by atoms with van der Waals surface area (Å²) in [5.41, 5.74) is -1.22. The average Bonchev–Trinajstić information content (AvgIpc) is 2.25. The highest BCUT2D eigenvalue weighted by Crippen LogP contribution is 2.39. The van der Waals surface area contributed by atoms with Crippen LogP contribution in [-0.4, -0.2) is 34.8 Å². The monoisotopic (exact) mass is 270 g/mol. The Morgan fingerprint density at radius 1 is 0.944 bits per heavy atom. The SMILES string of the molecule is O=C1C=C(S(=O)(=O)O)c2c(O)ccc(O)c2C1=O. The summed E-state index contributed by atoms with van der Waals surface area (Å²) in [6.07, 6.45) is 0.402. The lowest BCUT2D eigenvalue weighted by Crippen LogP contribution is -2.21. The number of allylic oxidation sites excluding steroid dienone is 1. The number of fused-ring (bicyclic) bond motifs is 1. The van der Waals surface area contributed by atoms with Crippen molar-refractivity contribution < 1.29 is 32.8 Å². The summed E-state index contributed by atoms with van der Waals surface area (Å²) in [6.45, 7) is 0. The predicted octanol–water partition coefficient (Wildman–Crippen LogP) is 0.0919. The second-order valence-electron chi connectivity index (χ2n) is 3.53. The van der Waals surface area contributed by atoms with Crippen molar-refractivity contribution in [3.63, 3.8) is 0 Å². The third kappa shape index (κ3) is 1.67. The molecule has 1 aliphatic carbocycles. The van der Waals surface area contributed by atoms with E-state index in [9.17, 15) is 28.2 Å². The number of benzene rings is 1. The fraction of sp³-hybridized carbons (Fsp3) is 0. The predicted molar refractivity (Wildman–Crippen MR) is 58.6 cm³/mol. The summed E-state index contributed by atoms with van der Waals surface area (Å²) >= 11 is 0. The molecule has 94 valence electrons. The summed E-state index contributed by atoms with van der Waals surface area (Å²) in [6, 6.07) is 1.88. The van der Waals surface area contributed by atoms with Crippen LogP contribution in [0.5, 0.6) is 11.5 Å². The number of rotatable bonds is 1. The van der Waals surface area contributed by atoms with Crippen molar-refractivity contribution in [3.05, 3.63) is 29.3 Å². The van der Waals surface area contributed by atoms with Crippen LogP contribution in [0.25, 0.3) is 4.91 Å². The molecular weight excluding hydrogens is 264 g/mol. The number of carbonyl (C=O) groups excluding carboxylic acids is 2. The van der Waals surface area contributed by atoms with Gasteiger partial charge in [-0.25, -0.2) is 0 Å². The lowest BCUT2D eigenvalue weighted by atomic mass is 9.93. The van der Waals surface area contributed by atoms with Gasteiger partial charge < -0.3 is 10.2 Å². The van der Waals surface area contributed by atoms with E-state index in [-0.39, 0.29) is 0 Å². The second kappa shape index (κ2) is 3.65. The van der Waals surface area contributed by atoms with Gasteiger partial charge in [0, 0.05) is 6.08 Å². The Balaban J connectivity index is 2.94. The number of hydrogen-bond acceptors (Lipinski definition) is 6. The average molecular weight is 270 g/mol. The van der Waals surface area contributed by atoms with Crippen molar-refractivity contribution in [2.75, 3.05) is 0 Å². The zero-order chi connectivity index (χ0) is 13.7. The molecule has 1 aromatic carbocycles. The van der Waals surface area contributed by atoms with Crippen LogP contribution in [0.3, 0.4) is 0 Å². The first-order chi connectivity index (χ1) is 8.23. The molecule has 0 bridgehead atoms. The fourth-order valence-electron chi connectivity index (χ4n) is 1.64. The van der Waals surface area contributed by atoms with Crippen molar-refractivity contribution in [2.45, 2.75) is 0 Å². The van der Waals surface area contributed by atoms with Crippen LogP contribution in [0.4, 0.5) is 0 Å². The minimum Gasteiger partial charge on any atom is -0.507 e. The number of hydrogen-bond donors (Lipinski definition) is 3. The van der Waals surface area contributed by atoms with Crippen LogP contribution in [0.1, 0.15) is 15.9 Å². The van der Waals surface area contributed by atoms with Crippen LogP contribution in [-0.2, 0) is 14.9 Å². The molecule has 0 aliphatic heterocycles. The highest BCUT2D eigenvalue weighted by atomic mass is 32.2. The molecule has 2 rings (SSSR count). The standard InChI is InChI=1S/C10H6O7S/c11-4-1-2-5(12)9-8(4)7(18(15,16)17)3-6(13)10(9)14/h1-3,11-12H,(H,15,16,17). The van der Waals surface area contributed by atoms with E-state index in [4.69, 9.17) is 4.55 Å². The van der Waals surface area contributed by atoms with Crippen molar-refractivity contribution >= 4 is 26.6 Å². The van der Waals surface area contributed by atoms with E-state index >= 15 is 0 Å². The number of aromatic hydroxyl groups is 2. The van der Waals surface area contributed by atoms with Gasteiger partial charge in [0.25, 0.3) is 10.1 Å². The molecule has 0 spiro atoms. The summed E-state index contributed by atoms with van der Waals surface area (Å²) in [4.78, 5) is 21.9. The molecule has 0 saturated carbocycles. The Morgan fingerprint density at radius 3 is 1.94 bits per heavy atom. The van der Waals surface area contributed by atoms with Crippen molar-refractivity contribution in [2.24, 2.45) is 0 Å². The smallest absolute Gasteiger partial charge is 0.295 e. The second-order valence-corrected chi connectivity index (χ2v) is 4.92. The summed E-state index contributed by atoms with van der Waals surface area (Å²) in [7, 11) is -4.82. The number of Topliss-reactive ketones (excluding diaryl/α,β-unsaturated/α-hetero) is 1. The van der Waals surface area contributed by atoms with Gasteiger partial charge in [0.15, 0.2) is 0 Å². The molecule has 8 heteroatoms. The van der Waals surface area contributed by atoms with Gasteiger partial charge in [-0.15, -0.1) is 0 Å². The van der Waals surface area contributed by atoms with E-state index in [1.807, 2.05) is 0 Å². The molecule has 0 radical (unpaired) electrons. The van der Waals surface area contributed by atoms with Crippen LogP contribution in [0, 0.1) is 0 Å². The highest BCUT2D eigenvalue weighted by Gasteiger charge is 2.35. The van der Waals surface area contributed by atoms with Gasteiger partial charge in [0.2, 0.25) is 11.6 Å². The molecule has 0 heterocycles. The first-order valence-electron chi connectivity index (χ1n) is 4.56. The van der Waals surface area contributed by atoms with Gasteiger partial charge in [0.05, 0.1) is 11.1 Å². The Morgan fingerprint density at radius 2 is 1.44 bits per heavy atom. The Hall–Kier alpha value is -2.19. The number of phenols is 2. The van der Waals surface area contributed by atoms with Crippen molar-refractivity contribution in [1.29, 1.82) is 0 Å². The number of ketones is 2. The van der Waals surface area contributed by atoms with E-state index in [1.54, 1.807) is 0 Å². The summed E-state index contributed by atoms with van der Waals surface area (Å²) in [5.74, 6) is -3.68. The van der Waals surface area contributed by atoms with Crippen LogP contribution in [0.2, 0.25) is 0 Å². The quantitative estimate of drug-likeness (QED) is 0.374. The van der Waals surface area contributed by atoms with Gasteiger partial charge in [-0.3, -0.25) is 14.1 Å². The molecule has 0 amide bonds. The third-order valence-corrected chi connectivity index (χ3v) is 3.28. The maximum absolute atomic E-state index is 11.5. The minimum absolute atomic E-state index is 0.402. The molecule has 0 atom stereocenters. The normalized spacial score (nSPS) is 15.3. The molecule has 0 fully saturated rings. The van der Waals surface area contributed by atoms with Crippen LogP contribution >= 0.6 is 0 Å². The Kier molecular flexibility index (Phi) is 2.49. The maximum Gasteiger partial charge on any atom is 0.295 e. The first kappa shape index (κ1) is 12.3. The maximum atomic E-state index is 11.5. The Bertz CT molecular complexity index is 712. The summed E-state index contributed by atoms with van der Waals surface area (Å²) < 4.78 is 31.1. The lowest BCUT2D eigenvalue weighted by Gasteiger charge is -2.16. The van der Waals surface area contributed by atoms with Crippen LogP contribution in [0.15, 0.2) is 18.2 Å². The minimum atomic E-state index is -4.82. The van der Waals surface area contributed by atoms with E-state index < -0.39 is 49.2 Å². The topological polar surface area (TPSA) is 129 Å². The van der Waals surface area contributed by atoms with Crippen molar-refractivity contribution in [1.82, 2.24) is 0 Å². The molecule has 0 aromatic heterocycles. The van der Waals surface area contributed by atoms with E-state index in [2.05, 4.69) is 0 Å². The summed E-state index contributed by atoms with van der Waals surface area (Å²) in [5, 5.41) is 19.0. The first-order valence-corrected chi connectivity index (χ1v) is 6.00. The van der Waals surface area contributed by atoms with E-state index in [0.29, 0.717) is 6.08 Å². The third-order valence-electron chi connectivity index (χ3n) is 2.40. The van der Waals surface area contributed by atoms with Crippen LogP contribution < -0.4 is 0 Å². The zero-order valence-electron chi connectivity index (χ0n) is 8.61. The molecule has 1 aromatic rings. The fourth-order valence-corrected chi connectivity index (χ4v) is 2.36. The molecule has 0 saturated heterocycles.